The van der Waals surface area contributed by atoms with Gasteiger partial charge < -0.3 is 9.15 Å². The second kappa shape index (κ2) is 8.93. The number of nitrogens with zero attached hydrogens (tertiary/aromatic N) is 3. The number of hydrogen-bond donors (Lipinski definition) is 0. The molecule has 1 saturated heterocycles. The van der Waals surface area contributed by atoms with E-state index in [1.165, 1.54) is 4.31 Å². The zero-order chi connectivity index (χ0) is 22.8. The van der Waals surface area contributed by atoms with Crippen molar-refractivity contribution in [2.75, 3.05) is 26.2 Å². The van der Waals surface area contributed by atoms with Crippen molar-refractivity contribution in [1.29, 1.82) is 0 Å². The summed E-state index contributed by atoms with van der Waals surface area (Å²) in [6, 6.07) is 13.8. The molecule has 0 saturated carbocycles. The van der Waals surface area contributed by atoms with E-state index in [9.17, 15) is 21.6 Å². The Labute approximate surface area is 183 Å². The van der Waals surface area contributed by atoms with E-state index in [0.717, 1.165) is 29.8 Å². The molecule has 0 spiro atoms. The average Bonchev–Trinajstić information content (AvgIpc) is 3.22. The van der Waals surface area contributed by atoms with Gasteiger partial charge in [0.2, 0.25) is 15.9 Å². The van der Waals surface area contributed by atoms with Crippen molar-refractivity contribution in [3.05, 3.63) is 66.7 Å². The number of piperazine rings is 1. The maximum absolute atomic E-state index is 12.8. The monoisotopic (exact) mass is 467 g/mol. The molecule has 0 unspecified atom stereocenters. The Kier molecular flexibility index (Phi) is 6.22. The van der Waals surface area contributed by atoms with Crippen LogP contribution in [-0.2, 0) is 16.6 Å². The van der Waals surface area contributed by atoms with Crippen LogP contribution in [0, 0.1) is 0 Å². The van der Waals surface area contributed by atoms with Crippen molar-refractivity contribution in [2.24, 2.45) is 0 Å². The highest BCUT2D eigenvalue weighted by molar-refractivity contribution is 7.89. The Bertz CT molecular complexity index is 1140. The van der Waals surface area contributed by atoms with Gasteiger partial charge in [-0.25, -0.2) is 13.4 Å². The van der Waals surface area contributed by atoms with Crippen molar-refractivity contribution in [3.8, 4) is 17.1 Å². The summed E-state index contributed by atoms with van der Waals surface area (Å²) >= 11 is 0. The molecule has 0 bridgehead atoms. The van der Waals surface area contributed by atoms with Crippen molar-refractivity contribution < 1.29 is 30.7 Å². The molecule has 7 nitrogen and oxygen atoms in total. The standard InChI is InChI=1S/C21H20F3N3O4S/c22-21(23,24)31-17-6-8-18(9-7-17)32(28,29)27-12-10-26(11-13-27)15-20-25-14-19(30-20)16-4-2-1-3-5-16/h1-9,14H,10-13,15H2. The summed E-state index contributed by atoms with van der Waals surface area (Å²) in [5.74, 6) is 0.738. The van der Waals surface area contributed by atoms with E-state index in [4.69, 9.17) is 4.42 Å². The first-order valence-corrected chi connectivity index (χ1v) is 11.2. The van der Waals surface area contributed by atoms with E-state index < -0.39 is 22.1 Å². The van der Waals surface area contributed by atoms with Crippen molar-refractivity contribution >= 4 is 10.0 Å². The van der Waals surface area contributed by atoms with Crippen LogP contribution >= 0.6 is 0 Å². The topological polar surface area (TPSA) is 75.9 Å². The van der Waals surface area contributed by atoms with Crippen LogP contribution in [0.1, 0.15) is 5.89 Å². The number of halogens is 3. The number of alkyl halides is 3. The lowest BCUT2D eigenvalue weighted by molar-refractivity contribution is -0.274. The van der Waals surface area contributed by atoms with E-state index in [1.807, 2.05) is 35.2 Å². The summed E-state index contributed by atoms with van der Waals surface area (Å²) in [6.45, 7) is 1.88. The first kappa shape index (κ1) is 22.3. The summed E-state index contributed by atoms with van der Waals surface area (Å²) < 4.78 is 73.4. The molecule has 1 aliphatic heterocycles. The molecular formula is C21H20F3N3O4S. The Balaban J connectivity index is 1.34. The molecule has 4 rings (SSSR count). The van der Waals surface area contributed by atoms with Gasteiger partial charge in [0.1, 0.15) is 5.75 Å². The smallest absolute Gasteiger partial charge is 0.439 e. The minimum absolute atomic E-state index is 0.0827. The lowest BCUT2D eigenvalue weighted by Gasteiger charge is -2.33. The van der Waals surface area contributed by atoms with Gasteiger partial charge in [-0.05, 0) is 24.3 Å². The highest BCUT2D eigenvalue weighted by atomic mass is 32.2. The first-order chi connectivity index (χ1) is 15.2. The van der Waals surface area contributed by atoms with E-state index in [-0.39, 0.29) is 18.0 Å². The quantitative estimate of drug-likeness (QED) is 0.550. The van der Waals surface area contributed by atoms with Crippen LogP contribution < -0.4 is 4.74 Å². The molecule has 0 N–H and O–H groups in total. The fourth-order valence-corrected chi connectivity index (χ4v) is 4.82. The van der Waals surface area contributed by atoms with Crippen LogP contribution in [-0.4, -0.2) is 55.1 Å². The molecule has 2 aromatic carbocycles. The highest BCUT2D eigenvalue weighted by Gasteiger charge is 2.32. The van der Waals surface area contributed by atoms with Gasteiger partial charge in [0.15, 0.2) is 5.76 Å². The van der Waals surface area contributed by atoms with Gasteiger partial charge in [-0.1, -0.05) is 30.3 Å². The summed E-state index contributed by atoms with van der Waals surface area (Å²) in [4.78, 5) is 6.26. The maximum atomic E-state index is 12.8. The fraction of sp³-hybridized carbons (Fsp3) is 0.286. The molecule has 0 amide bonds. The highest BCUT2D eigenvalue weighted by Crippen LogP contribution is 2.26. The Morgan fingerprint density at radius 1 is 0.969 bits per heavy atom. The predicted molar refractivity (Wildman–Crippen MR) is 109 cm³/mol. The third-order valence-electron chi connectivity index (χ3n) is 5.00. The van der Waals surface area contributed by atoms with E-state index >= 15 is 0 Å². The molecule has 0 radical (unpaired) electrons. The average molecular weight is 467 g/mol. The van der Waals surface area contributed by atoms with Crippen LogP contribution in [0.15, 0.2) is 70.1 Å². The molecule has 0 atom stereocenters. The predicted octanol–water partition coefficient (Wildman–Crippen LogP) is 3.75. The summed E-state index contributed by atoms with van der Waals surface area (Å²) in [5, 5.41) is 0. The van der Waals surface area contributed by atoms with E-state index in [1.54, 1.807) is 6.20 Å². The van der Waals surface area contributed by atoms with Gasteiger partial charge in [-0.3, -0.25) is 4.90 Å². The lowest BCUT2D eigenvalue weighted by atomic mass is 10.2. The van der Waals surface area contributed by atoms with E-state index in [0.29, 0.717) is 31.3 Å². The van der Waals surface area contributed by atoms with Crippen LogP contribution in [0.2, 0.25) is 0 Å². The summed E-state index contributed by atoms with van der Waals surface area (Å²) in [5.41, 5.74) is 0.925. The molecule has 2 heterocycles. The van der Waals surface area contributed by atoms with E-state index in [2.05, 4.69) is 9.72 Å². The van der Waals surface area contributed by atoms with Crippen molar-refractivity contribution in [2.45, 2.75) is 17.8 Å². The number of benzene rings is 2. The molecule has 11 heteroatoms. The van der Waals surface area contributed by atoms with Crippen LogP contribution in [0.3, 0.4) is 0 Å². The molecule has 32 heavy (non-hydrogen) atoms. The van der Waals surface area contributed by atoms with Crippen molar-refractivity contribution in [1.82, 2.24) is 14.2 Å². The first-order valence-electron chi connectivity index (χ1n) is 9.79. The number of ether oxygens (including phenoxy) is 1. The second-order valence-electron chi connectivity index (χ2n) is 7.18. The number of oxazole rings is 1. The number of aromatic nitrogens is 1. The number of hydrogen-bond acceptors (Lipinski definition) is 6. The molecule has 0 aliphatic carbocycles. The minimum Gasteiger partial charge on any atom is -0.439 e. The Morgan fingerprint density at radius 3 is 2.25 bits per heavy atom. The van der Waals surface area contributed by atoms with Crippen molar-refractivity contribution in [3.63, 3.8) is 0 Å². The zero-order valence-electron chi connectivity index (χ0n) is 16.8. The maximum Gasteiger partial charge on any atom is 0.573 e. The fourth-order valence-electron chi connectivity index (χ4n) is 3.40. The second-order valence-corrected chi connectivity index (χ2v) is 9.12. The molecule has 170 valence electrons. The van der Waals surface area contributed by atoms with Gasteiger partial charge in [0.25, 0.3) is 0 Å². The van der Waals surface area contributed by atoms with Crippen LogP contribution in [0.25, 0.3) is 11.3 Å². The van der Waals surface area contributed by atoms with Gasteiger partial charge in [-0.2, -0.15) is 4.31 Å². The van der Waals surface area contributed by atoms with Gasteiger partial charge in [0, 0.05) is 31.7 Å². The van der Waals surface area contributed by atoms with Gasteiger partial charge in [0.05, 0.1) is 17.6 Å². The van der Waals surface area contributed by atoms with Gasteiger partial charge >= 0.3 is 6.36 Å². The lowest BCUT2D eigenvalue weighted by Crippen LogP contribution is -2.48. The molecule has 1 fully saturated rings. The molecule has 1 aliphatic rings. The van der Waals surface area contributed by atoms with Crippen LogP contribution in [0.5, 0.6) is 5.75 Å². The number of rotatable bonds is 6. The molecular weight excluding hydrogens is 447 g/mol. The zero-order valence-corrected chi connectivity index (χ0v) is 17.6. The summed E-state index contributed by atoms with van der Waals surface area (Å²) in [7, 11) is -3.82. The normalized spacial score (nSPS) is 16.2. The molecule has 1 aromatic heterocycles. The summed E-state index contributed by atoms with van der Waals surface area (Å²) in [6.07, 6.45) is -3.17. The van der Waals surface area contributed by atoms with Gasteiger partial charge in [-0.15, -0.1) is 13.2 Å². The minimum atomic E-state index is -4.83. The SMILES string of the molecule is O=S(=O)(c1ccc(OC(F)(F)F)cc1)N1CCN(Cc2ncc(-c3ccccc3)o2)CC1. The Morgan fingerprint density at radius 2 is 1.62 bits per heavy atom. The van der Waals surface area contributed by atoms with Crippen LogP contribution in [0.4, 0.5) is 13.2 Å². The third kappa shape index (κ3) is 5.29. The molecule has 3 aromatic rings. The Hall–Kier alpha value is -2.89. The number of sulfonamides is 1. The largest absolute Gasteiger partial charge is 0.573 e. The third-order valence-corrected chi connectivity index (χ3v) is 6.91.